The minimum Gasteiger partial charge on any atom is -0.414 e. The van der Waals surface area contributed by atoms with E-state index in [0.29, 0.717) is 11.5 Å². The Morgan fingerprint density at radius 2 is 1.45 bits per heavy atom. The van der Waals surface area contributed by atoms with Crippen molar-refractivity contribution < 1.29 is 17.7 Å². The average molecular weight is 607 g/mol. The second-order valence-corrected chi connectivity index (χ2v) is 23.9. The van der Waals surface area contributed by atoms with Crippen LogP contribution in [0.2, 0.25) is 36.3 Å². The quantitative estimate of drug-likeness (QED) is 0.220. The van der Waals surface area contributed by atoms with E-state index in [-0.39, 0.29) is 17.1 Å². The van der Waals surface area contributed by atoms with Crippen LogP contribution in [0, 0.1) is 34.5 Å². The van der Waals surface area contributed by atoms with E-state index in [0.717, 1.165) is 42.4 Å². The molecule has 9 unspecified atom stereocenters. The number of hydrogen-bond acceptors (Lipinski definition) is 4. The van der Waals surface area contributed by atoms with E-state index in [4.69, 9.17) is 17.7 Å². The maximum Gasteiger partial charge on any atom is 0.338 e. The fourth-order valence-corrected chi connectivity index (χ4v) is 16.8. The zero-order chi connectivity index (χ0) is 28.8. The molecule has 1 spiro atoms. The van der Waals surface area contributed by atoms with Crippen molar-refractivity contribution in [2.45, 2.75) is 167 Å². The van der Waals surface area contributed by atoms with Crippen molar-refractivity contribution in [1.29, 1.82) is 0 Å². The molecule has 40 heavy (non-hydrogen) atoms. The van der Waals surface area contributed by atoms with Crippen molar-refractivity contribution in [1.82, 2.24) is 0 Å². The number of fused-ring (bicyclic) bond motifs is 6. The van der Waals surface area contributed by atoms with Gasteiger partial charge in [0.05, 0.1) is 18.3 Å². The maximum absolute atomic E-state index is 7.50. The van der Waals surface area contributed by atoms with Crippen LogP contribution in [0.25, 0.3) is 0 Å². The summed E-state index contributed by atoms with van der Waals surface area (Å²) in [7, 11) is -3.53. The van der Waals surface area contributed by atoms with Gasteiger partial charge in [0.2, 0.25) is 18.1 Å². The lowest BCUT2D eigenvalue weighted by Gasteiger charge is -2.62. The Hall–Kier alpha value is 0.491. The van der Waals surface area contributed by atoms with Crippen LogP contribution in [0.3, 0.4) is 0 Å². The second kappa shape index (κ2) is 12.5. The Bertz CT molecular complexity index is 848. The molecule has 4 aliphatic carbocycles. The third kappa shape index (κ3) is 5.15. The standard InChI is InChI=1S/C33H62O4Si3/c1-9-38(10-2)34-24-30-33(37-40(13-5,14-6)36-30)22-19-29-27-16-15-25-23-26(35-39(11-3)12-4)17-20-31(25,7)28(27)18-21-32(29,33)8/h25-30H,9-24H2,1-8H3. The lowest BCUT2D eigenvalue weighted by atomic mass is 9.44. The Morgan fingerprint density at radius 1 is 0.775 bits per heavy atom. The van der Waals surface area contributed by atoms with Crippen molar-refractivity contribution in [2.75, 3.05) is 6.61 Å². The first-order valence-electron chi connectivity index (χ1n) is 17.5. The molecule has 2 radical (unpaired) electrons. The van der Waals surface area contributed by atoms with Gasteiger partial charge in [-0.25, -0.2) is 0 Å². The van der Waals surface area contributed by atoms with Crippen molar-refractivity contribution in [3.8, 4) is 0 Å². The van der Waals surface area contributed by atoms with Crippen LogP contribution >= 0.6 is 0 Å². The zero-order valence-corrected chi connectivity index (χ0v) is 30.4. The molecule has 5 aliphatic rings. The fraction of sp³-hybridized carbons (Fsp3) is 1.00. The molecule has 7 heteroatoms. The normalized spacial score (nSPS) is 44.2. The van der Waals surface area contributed by atoms with Gasteiger partial charge in [-0.15, -0.1) is 0 Å². The van der Waals surface area contributed by atoms with Crippen molar-refractivity contribution >= 4 is 26.6 Å². The minimum atomic E-state index is -2.19. The van der Waals surface area contributed by atoms with E-state index in [1.165, 1.54) is 82.0 Å². The molecule has 0 N–H and O–H groups in total. The van der Waals surface area contributed by atoms with E-state index >= 15 is 0 Å². The molecule has 5 fully saturated rings. The van der Waals surface area contributed by atoms with E-state index in [2.05, 4.69) is 55.4 Å². The molecule has 0 aromatic heterocycles. The van der Waals surface area contributed by atoms with Crippen LogP contribution in [0.5, 0.6) is 0 Å². The predicted molar refractivity (Wildman–Crippen MR) is 171 cm³/mol. The summed E-state index contributed by atoms with van der Waals surface area (Å²) < 4.78 is 28.1. The van der Waals surface area contributed by atoms with Crippen LogP contribution in [0.4, 0.5) is 0 Å². The zero-order valence-electron chi connectivity index (χ0n) is 27.4. The van der Waals surface area contributed by atoms with Gasteiger partial charge in [-0.2, -0.15) is 0 Å². The van der Waals surface area contributed by atoms with Crippen LogP contribution in [0.15, 0.2) is 0 Å². The van der Waals surface area contributed by atoms with Gasteiger partial charge in [0.15, 0.2) is 0 Å². The van der Waals surface area contributed by atoms with Crippen LogP contribution in [-0.2, 0) is 17.7 Å². The summed E-state index contributed by atoms with van der Waals surface area (Å²) in [5, 5.41) is 0. The van der Waals surface area contributed by atoms with Crippen LogP contribution in [-0.4, -0.2) is 51.1 Å². The Balaban J connectivity index is 1.36. The molecule has 0 bridgehead atoms. The molecule has 0 aromatic rings. The van der Waals surface area contributed by atoms with E-state index < -0.39 is 26.6 Å². The lowest BCUT2D eigenvalue weighted by Crippen LogP contribution is -2.60. The van der Waals surface area contributed by atoms with E-state index in [1.807, 2.05) is 0 Å². The Morgan fingerprint density at radius 3 is 2.10 bits per heavy atom. The molecule has 1 heterocycles. The first-order chi connectivity index (χ1) is 19.2. The van der Waals surface area contributed by atoms with Gasteiger partial charge in [-0.3, -0.25) is 0 Å². The highest BCUT2D eigenvalue weighted by Crippen LogP contribution is 2.71. The molecule has 9 atom stereocenters. The van der Waals surface area contributed by atoms with Gasteiger partial charge in [0.1, 0.15) is 0 Å². The minimum absolute atomic E-state index is 0.128. The van der Waals surface area contributed by atoms with Crippen LogP contribution in [0.1, 0.15) is 113 Å². The SMILES string of the molecule is CC[Si](CC)OCC1O[Si](CC)(CC)OC12CCC1C3CCC4CC(O[Si](CC)CC)CCC4(C)C3CCC12C. The summed E-state index contributed by atoms with van der Waals surface area (Å²) in [6, 6.07) is 7.00. The average Bonchev–Trinajstić information content (AvgIpc) is 3.47. The van der Waals surface area contributed by atoms with E-state index in [1.54, 1.807) is 0 Å². The highest BCUT2D eigenvalue weighted by molar-refractivity contribution is 6.68. The van der Waals surface area contributed by atoms with Gasteiger partial charge >= 0.3 is 8.56 Å². The molecule has 0 aromatic carbocycles. The smallest absolute Gasteiger partial charge is 0.338 e. The fourth-order valence-electron chi connectivity index (χ4n) is 10.9. The summed E-state index contributed by atoms with van der Waals surface area (Å²) in [6.45, 7) is 20.0. The van der Waals surface area contributed by atoms with Crippen LogP contribution < -0.4 is 0 Å². The lowest BCUT2D eigenvalue weighted by molar-refractivity contribution is -0.159. The summed E-state index contributed by atoms with van der Waals surface area (Å²) in [6.07, 6.45) is 12.8. The Kier molecular flexibility index (Phi) is 9.95. The molecule has 0 amide bonds. The highest BCUT2D eigenvalue weighted by Gasteiger charge is 2.72. The highest BCUT2D eigenvalue weighted by atomic mass is 28.4. The molecule has 230 valence electrons. The van der Waals surface area contributed by atoms with Crippen molar-refractivity contribution in [3.63, 3.8) is 0 Å². The van der Waals surface area contributed by atoms with Gasteiger partial charge in [0.25, 0.3) is 0 Å². The molecule has 5 rings (SSSR count). The van der Waals surface area contributed by atoms with Crippen molar-refractivity contribution in [2.24, 2.45) is 34.5 Å². The van der Waals surface area contributed by atoms with Gasteiger partial charge in [-0.1, -0.05) is 55.4 Å². The molecular formula is C33H62O4Si3. The third-order valence-corrected chi connectivity index (χ3v) is 21.5. The summed E-state index contributed by atoms with van der Waals surface area (Å²) in [4.78, 5) is 0. The monoisotopic (exact) mass is 606 g/mol. The number of hydrogen-bond donors (Lipinski definition) is 0. The van der Waals surface area contributed by atoms with E-state index in [9.17, 15) is 0 Å². The maximum atomic E-state index is 7.50. The summed E-state index contributed by atoms with van der Waals surface area (Å²) in [5.41, 5.74) is 0.596. The van der Waals surface area contributed by atoms with Gasteiger partial charge in [0, 0.05) is 11.5 Å². The topological polar surface area (TPSA) is 36.9 Å². The first-order valence-corrected chi connectivity index (χ1v) is 23.4. The summed E-state index contributed by atoms with van der Waals surface area (Å²) >= 11 is 0. The van der Waals surface area contributed by atoms with Gasteiger partial charge in [-0.05, 0) is 123 Å². The first kappa shape index (κ1) is 31.9. The predicted octanol–water partition coefficient (Wildman–Crippen LogP) is 9.13. The largest absolute Gasteiger partial charge is 0.414 e. The molecular weight excluding hydrogens is 545 g/mol. The third-order valence-electron chi connectivity index (χ3n) is 13.5. The second-order valence-electron chi connectivity index (χ2n) is 14.7. The molecule has 1 aliphatic heterocycles. The molecule has 1 saturated heterocycles. The van der Waals surface area contributed by atoms with Gasteiger partial charge < -0.3 is 17.7 Å². The Labute approximate surface area is 252 Å². The molecule has 4 saturated carbocycles. The van der Waals surface area contributed by atoms with Crippen molar-refractivity contribution in [3.05, 3.63) is 0 Å². The number of rotatable bonds is 11. The summed E-state index contributed by atoms with van der Waals surface area (Å²) in [5.74, 6) is 3.38. The molecule has 4 nitrogen and oxygen atoms in total.